The molecular formula is C34H36ClN3O5. The first-order chi connectivity index (χ1) is 21.0. The monoisotopic (exact) mass is 601 g/mol. The molecule has 0 radical (unpaired) electrons. The summed E-state index contributed by atoms with van der Waals surface area (Å²) in [5.74, 6) is 1.50. The summed E-state index contributed by atoms with van der Waals surface area (Å²) >= 11 is 6.60. The summed E-state index contributed by atoms with van der Waals surface area (Å²) in [5, 5.41) is 4.57. The molecule has 4 aromatic rings. The molecule has 2 bridgehead atoms. The first kappa shape index (κ1) is 29.2. The smallest absolute Gasteiger partial charge is 0.255 e. The van der Waals surface area contributed by atoms with Gasteiger partial charge >= 0.3 is 0 Å². The number of carbonyl (C=O) groups excluding carboxylic acids is 1. The molecule has 1 fully saturated rings. The predicted molar refractivity (Wildman–Crippen MR) is 166 cm³/mol. The number of aromatic nitrogens is 1. The summed E-state index contributed by atoms with van der Waals surface area (Å²) < 4.78 is 23.1. The molecule has 6 rings (SSSR count). The van der Waals surface area contributed by atoms with Gasteiger partial charge in [-0.05, 0) is 66.4 Å². The summed E-state index contributed by atoms with van der Waals surface area (Å²) in [4.78, 5) is 18.0. The van der Waals surface area contributed by atoms with Crippen LogP contribution >= 0.6 is 11.6 Å². The minimum atomic E-state index is -0.119. The van der Waals surface area contributed by atoms with Crippen LogP contribution in [0.1, 0.15) is 38.5 Å². The molecule has 3 aromatic carbocycles. The highest BCUT2D eigenvalue weighted by molar-refractivity contribution is 6.34. The Morgan fingerprint density at radius 3 is 2.47 bits per heavy atom. The van der Waals surface area contributed by atoms with Crippen molar-refractivity contribution in [3.63, 3.8) is 0 Å². The largest absolute Gasteiger partial charge is 0.491 e. The van der Waals surface area contributed by atoms with Crippen molar-refractivity contribution in [2.24, 2.45) is 0 Å². The average molecular weight is 602 g/mol. The van der Waals surface area contributed by atoms with E-state index in [1.807, 2.05) is 49.1 Å². The maximum atomic E-state index is 14.0. The van der Waals surface area contributed by atoms with E-state index in [0.29, 0.717) is 63.1 Å². The molecule has 224 valence electrons. The van der Waals surface area contributed by atoms with Crippen LogP contribution in [0.25, 0.3) is 11.1 Å². The Morgan fingerprint density at radius 2 is 1.65 bits per heavy atom. The number of fused-ring (bicyclic) bond motifs is 3. The van der Waals surface area contributed by atoms with Crippen LogP contribution in [0.15, 0.2) is 65.2 Å². The first-order valence-corrected chi connectivity index (χ1v) is 15.1. The van der Waals surface area contributed by atoms with Gasteiger partial charge in [-0.2, -0.15) is 0 Å². The van der Waals surface area contributed by atoms with Crippen molar-refractivity contribution < 1.29 is 23.5 Å². The van der Waals surface area contributed by atoms with Crippen molar-refractivity contribution in [1.82, 2.24) is 10.1 Å². The van der Waals surface area contributed by atoms with Crippen LogP contribution in [-0.2, 0) is 22.4 Å². The quantitative estimate of drug-likeness (QED) is 0.281. The third-order valence-corrected chi connectivity index (χ3v) is 8.31. The lowest BCUT2D eigenvalue weighted by molar-refractivity contribution is 0.0571. The number of nitrogens with zero attached hydrogens (tertiary/aromatic N) is 3. The molecule has 0 N–H and O–H groups in total. The summed E-state index contributed by atoms with van der Waals surface area (Å²) in [7, 11) is 0. The summed E-state index contributed by atoms with van der Waals surface area (Å²) in [6.07, 6.45) is 0.669. The summed E-state index contributed by atoms with van der Waals surface area (Å²) in [5.41, 5.74) is 7.60. The fourth-order valence-electron chi connectivity index (χ4n) is 5.79. The van der Waals surface area contributed by atoms with Gasteiger partial charge in [-0.1, -0.05) is 47.1 Å². The van der Waals surface area contributed by atoms with E-state index in [1.165, 1.54) is 0 Å². The van der Waals surface area contributed by atoms with E-state index in [2.05, 4.69) is 40.4 Å². The summed E-state index contributed by atoms with van der Waals surface area (Å²) in [6.45, 7) is 8.84. The lowest BCUT2D eigenvalue weighted by atomic mass is 9.96. The lowest BCUT2D eigenvalue weighted by Gasteiger charge is -2.30. The van der Waals surface area contributed by atoms with Gasteiger partial charge in [-0.15, -0.1) is 0 Å². The molecule has 2 aliphatic rings. The van der Waals surface area contributed by atoms with Crippen molar-refractivity contribution in [3.05, 3.63) is 99.4 Å². The molecule has 0 spiro atoms. The number of amides is 1. The van der Waals surface area contributed by atoms with Gasteiger partial charge in [0.25, 0.3) is 5.91 Å². The number of halogens is 1. The van der Waals surface area contributed by atoms with Crippen LogP contribution in [0.5, 0.6) is 5.75 Å². The number of rotatable bonds is 3. The Labute approximate surface area is 257 Å². The van der Waals surface area contributed by atoms with E-state index in [-0.39, 0.29) is 5.91 Å². The number of hydrogen-bond donors (Lipinski definition) is 0. The Morgan fingerprint density at radius 1 is 0.860 bits per heavy atom. The Balaban J connectivity index is 1.28. The second-order valence-electron chi connectivity index (χ2n) is 11.0. The molecular weight excluding hydrogens is 566 g/mol. The van der Waals surface area contributed by atoms with Crippen molar-refractivity contribution in [2.75, 3.05) is 57.6 Å². The zero-order valence-electron chi connectivity index (χ0n) is 24.6. The molecule has 0 atom stereocenters. The van der Waals surface area contributed by atoms with Crippen LogP contribution in [0.4, 0.5) is 5.69 Å². The van der Waals surface area contributed by atoms with Crippen molar-refractivity contribution in [3.8, 4) is 16.9 Å². The number of benzene rings is 3. The van der Waals surface area contributed by atoms with Crippen LogP contribution in [-0.4, -0.2) is 68.6 Å². The molecule has 1 amide bonds. The first-order valence-electron chi connectivity index (χ1n) is 14.7. The van der Waals surface area contributed by atoms with E-state index >= 15 is 0 Å². The van der Waals surface area contributed by atoms with Crippen LogP contribution in [0, 0.1) is 13.8 Å². The number of ether oxygens (including phenoxy) is 3. The highest BCUT2D eigenvalue weighted by atomic mass is 35.5. The maximum absolute atomic E-state index is 14.0. The van der Waals surface area contributed by atoms with Gasteiger partial charge < -0.3 is 28.5 Å². The number of anilines is 1. The standard InChI is InChI=1S/C34H36ClN3O5/c1-23-33(24(2)43-36-23)27-6-9-32-28(20-27)19-25-4-3-5-26(18-25)22-38(12-15-41-16-17-42-32)34(39)30-21-29(7-8-31(30)35)37-10-13-40-14-11-37/h3-9,18,20-21H,10-17,19,22H2,1-2H3. The molecule has 8 nitrogen and oxygen atoms in total. The third kappa shape index (κ3) is 6.72. The number of morpholine rings is 1. The lowest BCUT2D eigenvalue weighted by Crippen LogP contribution is -2.37. The fourth-order valence-corrected chi connectivity index (χ4v) is 5.99. The van der Waals surface area contributed by atoms with Crippen molar-refractivity contribution in [1.29, 1.82) is 0 Å². The maximum Gasteiger partial charge on any atom is 0.255 e. The van der Waals surface area contributed by atoms with Gasteiger partial charge in [0.05, 0.1) is 42.7 Å². The minimum Gasteiger partial charge on any atom is -0.491 e. The van der Waals surface area contributed by atoms with Gasteiger partial charge in [0.1, 0.15) is 18.1 Å². The van der Waals surface area contributed by atoms with Gasteiger partial charge in [0, 0.05) is 43.9 Å². The highest BCUT2D eigenvalue weighted by Gasteiger charge is 2.22. The molecule has 1 aromatic heterocycles. The number of aryl methyl sites for hydroxylation is 2. The van der Waals surface area contributed by atoms with E-state index in [9.17, 15) is 4.79 Å². The number of carbonyl (C=O) groups is 1. The molecule has 1 saturated heterocycles. The van der Waals surface area contributed by atoms with Gasteiger partial charge in [-0.3, -0.25) is 4.79 Å². The Hall–Kier alpha value is -3.85. The van der Waals surface area contributed by atoms with Crippen LogP contribution in [0.3, 0.4) is 0 Å². The molecule has 43 heavy (non-hydrogen) atoms. The second kappa shape index (κ2) is 13.2. The van der Waals surface area contributed by atoms with Crippen molar-refractivity contribution in [2.45, 2.75) is 26.8 Å². The second-order valence-corrected chi connectivity index (χ2v) is 11.4. The third-order valence-electron chi connectivity index (χ3n) is 7.98. The summed E-state index contributed by atoms with van der Waals surface area (Å²) in [6, 6.07) is 20.3. The topological polar surface area (TPSA) is 77.3 Å². The van der Waals surface area contributed by atoms with E-state index in [0.717, 1.165) is 63.8 Å². The minimum absolute atomic E-state index is 0.119. The van der Waals surface area contributed by atoms with Crippen molar-refractivity contribution >= 4 is 23.2 Å². The molecule has 0 saturated carbocycles. The van der Waals surface area contributed by atoms with E-state index < -0.39 is 0 Å². The fraction of sp³-hybridized carbons (Fsp3) is 0.353. The molecule has 0 aliphatic carbocycles. The van der Waals surface area contributed by atoms with E-state index in [4.69, 9.17) is 30.3 Å². The van der Waals surface area contributed by atoms with Crippen LogP contribution in [0.2, 0.25) is 5.02 Å². The molecule has 9 heteroatoms. The van der Waals surface area contributed by atoms with Crippen LogP contribution < -0.4 is 9.64 Å². The van der Waals surface area contributed by atoms with E-state index in [1.54, 1.807) is 0 Å². The Bertz CT molecular complexity index is 1580. The zero-order valence-corrected chi connectivity index (χ0v) is 25.4. The molecule has 2 aliphatic heterocycles. The number of hydrogen-bond acceptors (Lipinski definition) is 7. The SMILES string of the molecule is Cc1noc(C)c1-c1ccc2c(c1)Cc1cccc(c1)CN(C(=O)c1cc(N3CCOCC3)ccc1Cl)CCOCCO2. The van der Waals surface area contributed by atoms with Gasteiger partial charge in [0.15, 0.2) is 0 Å². The molecule has 0 unspecified atom stereocenters. The Kier molecular flexibility index (Phi) is 8.98. The predicted octanol–water partition coefficient (Wildman–Crippen LogP) is 6.09. The normalized spacial score (nSPS) is 16.3. The van der Waals surface area contributed by atoms with Gasteiger partial charge in [-0.25, -0.2) is 0 Å². The molecule has 3 heterocycles. The zero-order chi connectivity index (χ0) is 29.8. The average Bonchev–Trinajstić information content (AvgIpc) is 3.36. The highest BCUT2D eigenvalue weighted by Crippen LogP contribution is 2.33. The van der Waals surface area contributed by atoms with Gasteiger partial charge in [0.2, 0.25) is 0 Å².